The topological polar surface area (TPSA) is 29.5 Å². The Hall–Kier alpha value is -1.09. The zero-order chi connectivity index (χ0) is 19.4. The molecule has 0 amide bonds. The second-order valence-corrected chi connectivity index (χ2v) is 10.5. The first-order valence-corrected chi connectivity index (χ1v) is 10.9. The van der Waals surface area contributed by atoms with Crippen LogP contribution in [0, 0.1) is 28.6 Å². The number of carbonyl (C=O) groups excluding carboxylic acids is 1. The summed E-state index contributed by atoms with van der Waals surface area (Å²) in [6.45, 7) is 11.1. The van der Waals surface area contributed by atoms with Gasteiger partial charge in [0.2, 0.25) is 0 Å². The molecule has 0 aromatic rings. The molecule has 3 aliphatic carbocycles. The number of hydrogen-bond donors (Lipinski definition) is 0. The van der Waals surface area contributed by atoms with Crippen LogP contribution in [0.4, 0.5) is 0 Å². The minimum absolute atomic E-state index is 0.188. The van der Waals surface area contributed by atoms with Gasteiger partial charge in [0.05, 0.1) is 12.7 Å². The van der Waals surface area contributed by atoms with Crippen LogP contribution in [0.25, 0.3) is 0 Å². The van der Waals surface area contributed by atoms with Gasteiger partial charge in [-0.1, -0.05) is 25.5 Å². The number of piperidine rings is 1. The van der Waals surface area contributed by atoms with E-state index < -0.39 is 0 Å². The Bertz CT molecular complexity index is 676. The maximum absolute atomic E-state index is 12.1. The summed E-state index contributed by atoms with van der Waals surface area (Å²) in [5.41, 5.74) is 3.27. The fourth-order valence-electron chi connectivity index (χ4n) is 7.04. The van der Waals surface area contributed by atoms with E-state index in [1.54, 1.807) is 0 Å². The van der Waals surface area contributed by atoms with Crippen molar-refractivity contribution in [1.29, 1.82) is 0 Å². The van der Waals surface area contributed by atoms with Gasteiger partial charge in [-0.2, -0.15) is 0 Å². The quantitative estimate of drug-likeness (QED) is 0.655. The maximum Gasteiger partial charge on any atom is 0.157 e. The highest BCUT2D eigenvalue weighted by Gasteiger charge is 2.59. The molecule has 1 saturated heterocycles. The zero-order valence-corrected chi connectivity index (χ0v) is 17.9. The van der Waals surface area contributed by atoms with Crippen molar-refractivity contribution in [1.82, 2.24) is 4.90 Å². The van der Waals surface area contributed by atoms with Gasteiger partial charge in [0.25, 0.3) is 0 Å². The summed E-state index contributed by atoms with van der Waals surface area (Å²) < 4.78 is 6.28. The second kappa shape index (κ2) is 6.76. The summed E-state index contributed by atoms with van der Waals surface area (Å²) in [5.74, 6) is 2.54. The first kappa shape index (κ1) is 19.2. The predicted molar refractivity (Wildman–Crippen MR) is 109 cm³/mol. The largest absolute Gasteiger partial charge is 0.377 e. The summed E-state index contributed by atoms with van der Waals surface area (Å²) in [4.78, 5) is 14.5. The molecule has 150 valence electrons. The molecule has 0 N–H and O–H groups in total. The van der Waals surface area contributed by atoms with Crippen LogP contribution in [0.15, 0.2) is 23.4 Å². The van der Waals surface area contributed by atoms with E-state index in [0.717, 1.165) is 43.7 Å². The molecule has 27 heavy (non-hydrogen) atoms. The molecule has 3 nitrogen and oxygen atoms in total. The summed E-state index contributed by atoms with van der Waals surface area (Å²) in [6, 6.07) is 0. The van der Waals surface area contributed by atoms with Crippen molar-refractivity contribution in [3.63, 3.8) is 0 Å². The third kappa shape index (κ3) is 3.20. The predicted octanol–water partition coefficient (Wildman–Crippen LogP) is 4.98. The van der Waals surface area contributed by atoms with Crippen molar-refractivity contribution < 1.29 is 9.53 Å². The maximum atomic E-state index is 12.1. The van der Waals surface area contributed by atoms with Crippen LogP contribution in [0.3, 0.4) is 0 Å². The fourth-order valence-corrected chi connectivity index (χ4v) is 7.04. The minimum Gasteiger partial charge on any atom is -0.377 e. The number of nitrogens with zero attached hydrogens (tertiary/aromatic N) is 1. The summed E-state index contributed by atoms with van der Waals surface area (Å²) in [5, 5.41) is 0. The molecule has 1 aliphatic heterocycles. The first-order valence-electron chi connectivity index (χ1n) is 10.9. The number of likely N-dealkylation sites (tertiary alicyclic amines) is 1. The lowest BCUT2D eigenvalue weighted by Crippen LogP contribution is -2.56. The highest BCUT2D eigenvalue weighted by atomic mass is 16.5. The van der Waals surface area contributed by atoms with Crippen LogP contribution in [0.5, 0.6) is 0 Å². The van der Waals surface area contributed by atoms with Gasteiger partial charge in [-0.25, -0.2) is 0 Å². The molecule has 3 heteroatoms. The number of ether oxygens (including phenoxy) is 1. The van der Waals surface area contributed by atoms with Gasteiger partial charge in [0, 0.05) is 37.2 Å². The van der Waals surface area contributed by atoms with E-state index >= 15 is 0 Å². The normalized spacial score (nSPS) is 43.5. The minimum atomic E-state index is 0.188. The Kier molecular flexibility index (Phi) is 4.81. The van der Waals surface area contributed by atoms with Crippen molar-refractivity contribution in [2.45, 2.75) is 72.3 Å². The van der Waals surface area contributed by atoms with Crippen LogP contribution in [0.1, 0.15) is 66.2 Å². The molecular formula is C24H37NO2. The van der Waals surface area contributed by atoms with Gasteiger partial charge in [0.1, 0.15) is 0 Å². The van der Waals surface area contributed by atoms with E-state index in [1.165, 1.54) is 37.0 Å². The van der Waals surface area contributed by atoms with Crippen LogP contribution >= 0.6 is 0 Å². The molecule has 0 aromatic heterocycles. The van der Waals surface area contributed by atoms with Crippen LogP contribution in [-0.4, -0.2) is 37.0 Å². The number of rotatable bonds is 3. The smallest absolute Gasteiger partial charge is 0.157 e. The van der Waals surface area contributed by atoms with E-state index in [0.29, 0.717) is 17.3 Å². The molecule has 0 bridgehead atoms. The number of fused-ring (bicyclic) bond motifs is 5. The molecular weight excluding hydrogens is 334 g/mol. The molecule has 6 atom stereocenters. The SMILES string of the molecule is CC(C)=CCO[C@H]1C[C@H]2[C@@H]3CN(C)C4=CC(=O)CC[C@]4(C)[C@H]3CC[C@]2(C)C1. The number of ketones is 1. The average Bonchev–Trinajstić information content (AvgIpc) is 2.93. The van der Waals surface area contributed by atoms with E-state index in [1.807, 2.05) is 6.08 Å². The average molecular weight is 372 g/mol. The summed E-state index contributed by atoms with van der Waals surface area (Å²) >= 11 is 0. The Morgan fingerprint density at radius 3 is 2.81 bits per heavy atom. The lowest BCUT2D eigenvalue weighted by Gasteiger charge is -2.59. The van der Waals surface area contributed by atoms with E-state index in [-0.39, 0.29) is 5.41 Å². The Labute approximate surface area is 165 Å². The molecule has 3 fully saturated rings. The highest BCUT2D eigenvalue weighted by molar-refractivity contribution is 5.91. The molecule has 0 unspecified atom stereocenters. The highest BCUT2D eigenvalue weighted by Crippen LogP contribution is 2.64. The van der Waals surface area contributed by atoms with E-state index in [9.17, 15) is 4.79 Å². The number of carbonyl (C=O) groups is 1. The van der Waals surface area contributed by atoms with Crippen molar-refractivity contribution in [3.8, 4) is 0 Å². The first-order chi connectivity index (χ1) is 12.7. The standard InChI is InChI=1S/C24H37NO2/c1-16(2)8-11-27-18-13-21-19-15-25(5)22-12-17(26)6-10-24(22,4)20(19)7-9-23(21,3)14-18/h8,12,18-21H,6-7,9-11,13-15H2,1-5H3/t18-,19+,20-,21-,23+,24+/m0/s1. The Morgan fingerprint density at radius 2 is 2.07 bits per heavy atom. The van der Waals surface area contributed by atoms with Crippen LogP contribution in [-0.2, 0) is 9.53 Å². The lowest BCUT2D eigenvalue weighted by molar-refractivity contribution is -0.118. The van der Waals surface area contributed by atoms with Crippen molar-refractivity contribution in [2.24, 2.45) is 28.6 Å². The van der Waals surface area contributed by atoms with Crippen LogP contribution < -0.4 is 0 Å². The van der Waals surface area contributed by atoms with E-state index in [2.05, 4.69) is 45.7 Å². The summed E-state index contributed by atoms with van der Waals surface area (Å²) in [7, 11) is 2.21. The molecule has 4 aliphatic rings. The van der Waals surface area contributed by atoms with Gasteiger partial charge < -0.3 is 9.64 Å². The third-order valence-corrected chi connectivity index (χ3v) is 8.48. The van der Waals surface area contributed by atoms with Crippen molar-refractivity contribution >= 4 is 5.78 Å². The van der Waals surface area contributed by atoms with Gasteiger partial charge in [-0.05, 0) is 69.1 Å². The molecule has 2 saturated carbocycles. The number of allylic oxidation sites excluding steroid dienone is 3. The third-order valence-electron chi connectivity index (χ3n) is 8.48. The number of hydrogen-bond acceptors (Lipinski definition) is 3. The fraction of sp³-hybridized carbons (Fsp3) is 0.792. The Balaban J connectivity index is 1.56. The zero-order valence-electron chi connectivity index (χ0n) is 17.9. The lowest BCUT2D eigenvalue weighted by atomic mass is 9.50. The molecule has 1 heterocycles. The van der Waals surface area contributed by atoms with Gasteiger partial charge in [-0.3, -0.25) is 4.79 Å². The van der Waals surface area contributed by atoms with Gasteiger partial charge in [0.15, 0.2) is 5.78 Å². The molecule has 4 rings (SSSR count). The Morgan fingerprint density at radius 1 is 1.30 bits per heavy atom. The molecule has 0 radical (unpaired) electrons. The monoisotopic (exact) mass is 371 g/mol. The van der Waals surface area contributed by atoms with Crippen LogP contribution in [0.2, 0.25) is 0 Å². The van der Waals surface area contributed by atoms with Crippen molar-refractivity contribution in [3.05, 3.63) is 23.4 Å². The molecule has 0 aromatic carbocycles. The summed E-state index contributed by atoms with van der Waals surface area (Å²) in [6.07, 6.45) is 11.4. The van der Waals surface area contributed by atoms with E-state index in [4.69, 9.17) is 4.74 Å². The van der Waals surface area contributed by atoms with Gasteiger partial charge in [-0.15, -0.1) is 0 Å². The molecule has 0 spiro atoms. The van der Waals surface area contributed by atoms with Crippen molar-refractivity contribution in [2.75, 3.05) is 20.2 Å². The van der Waals surface area contributed by atoms with Gasteiger partial charge >= 0.3 is 0 Å². The second-order valence-electron chi connectivity index (χ2n) is 10.5.